The Bertz CT molecular complexity index is 878. The van der Waals surface area contributed by atoms with Gasteiger partial charge in [-0.25, -0.2) is 4.98 Å². The SMILES string of the molecule is Brc1ccccc1Nc1cc(-c2cccnc2)nc(NC2CCCC2)n1. The lowest BCUT2D eigenvalue weighted by atomic mass is 10.2. The van der Waals surface area contributed by atoms with Crippen LogP contribution in [0.1, 0.15) is 25.7 Å². The number of aromatic nitrogens is 3. The minimum atomic E-state index is 0.454. The molecule has 0 aliphatic heterocycles. The lowest BCUT2D eigenvalue weighted by Gasteiger charge is -2.15. The minimum absolute atomic E-state index is 0.454. The molecule has 132 valence electrons. The number of benzene rings is 1. The molecule has 1 aliphatic carbocycles. The number of pyridine rings is 1. The Morgan fingerprint density at radius 1 is 1.00 bits per heavy atom. The van der Waals surface area contributed by atoms with Gasteiger partial charge in [0.25, 0.3) is 0 Å². The second-order valence-electron chi connectivity index (χ2n) is 6.43. The van der Waals surface area contributed by atoms with Crippen molar-refractivity contribution in [2.45, 2.75) is 31.7 Å². The fourth-order valence-corrected chi connectivity index (χ4v) is 3.58. The molecular formula is C20H20BrN5. The van der Waals surface area contributed by atoms with Crippen molar-refractivity contribution in [3.05, 3.63) is 59.3 Å². The third kappa shape index (κ3) is 4.02. The number of anilines is 3. The Labute approximate surface area is 161 Å². The summed E-state index contributed by atoms with van der Waals surface area (Å²) in [6.07, 6.45) is 8.47. The predicted molar refractivity (Wildman–Crippen MR) is 109 cm³/mol. The van der Waals surface area contributed by atoms with E-state index in [2.05, 4.69) is 36.5 Å². The fourth-order valence-electron chi connectivity index (χ4n) is 3.19. The molecule has 1 aliphatic rings. The third-order valence-electron chi connectivity index (χ3n) is 4.51. The van der Waals surface area contributed by atoms with Crippen LogP contribution in [0.25, 0.3) is 11.3 Å². The van der Waals surface area contributed by atoms with Gasteiger partial charge in [0.15, 0.2) is 0 Å². The summed E-state index contributed by atoms with van der Waals surface area (Å²) in [5.41, 5.74) is 2.79. The quantitative estimate of drug-likeness (QED) is 0.590. The van der Waals surface area contributed by atoms with E-state index in [0.29, 0.717) is 12.0 Å². The van der Waals surface area contributed by atoms with Crippen molar-refractivity contribution in [2.75, 3.05) is 10.6 Å². The summed E-state index contributed by atoms with van der Waals surface area (Å²) < 4.78 is 0.992. The van der Waals surface area contributed by atoms with Crippen LogP contribution < -0.4 is 10.6 Å². The zero-order valence-corrected chi connectivity index (χ0v) is 15.9. The van der Waals surface area contributed by atoms with Crippen LogP contribution in [0.15, 0.2) is 59.3 Å². The standard InChI is InChI=1S/C20H20BrN5/c21-16-9-3-4-10-17(16)24-19-12-18(14-6-5-11-22-13-14)25-20(26-19)23-15-7-1-2-8-15/h3-6,9-13,15H,1-2,7-8H2,(H2,23,24,25,26). The topological polar surface area (TPSA) is 62.7 Å². The number of hydrogen-bond donors (Lipinski definition) is 2. The molecule has 26 heavy (non-hydrogen) atoms. The number of rotatable bonds is 5. The normalized spacial score (nSPS) is 14.3. The first-order valence-corrected chi connectivity index (χ1v) is 9.65. The first-order chi connectivity index (χ1) is 12.8. The molecule has 0 radical (unpaired) electrons. The number of halogens is 1. The van der Waals surface area contributed by atoms with E-state index in [1.807, 2.05) is 48.7 Å². The molecule has 5 nitrogen and oxygen atoms in total. The third-order valence-corrected chi connectivity index (χ3v) is 5.20. The summed E-state index contributed by atoms with van der Waals surface area (Å²) in [5, 5.41) is 6.89. The van der Waals surface area contributed by atoms with E-state index in [1.54, 1.807) is 6.20 Å². The fraction of sp³-hybridized carbons (Fsp3) is 0.250. The van der Waals surface area contributed by atoms with Crippen molar-refractivity contribution in [1.82, 2.24) is 15.0 Å². The van der Waals surface area contributed by atoms with Gasteiger partial charge in [-0.1, -0.05) is 25.0 Å². The summed E-state index contributed by atoms with van der Waals surface area (Å²) in [6, 6.07) is 14.3. The highest BCUT2D eigenvalue weighted by atomic mass is 79.9. The summed E-state index contributed by atoms with van der Waals surface area (Å²) in [6.45, 7) is 0. The molecule has 0 atom stereocenters. The van der Waals surface area contributed by atoms with Gasteiger partial charge in [-0.15, -0.1) is 0 Å². The highest BCUT2D eigenvalue weighted by Crippen LogP contribution is 2.28. The van der Waals surface area contributed by atoms with Crippen LogP contribution in [-0.4, -0.2) is 21.0 Å². The van der Waals surface area contributed by atoms with Gasteiger partial charge in [0.1, 0.15) is 5.82 Å². The molecule has 0 spiro atoms. The van der Waals surface area contributed by atoms with Crippen molar-refractivity contribution in [3.8, 4) is 11.3 Å². The first-order valence-electron chi connectivity index (χ1n) is 8.85. The molecule has 1 aromatic carbocycles. The van der Waals surface area contributed by atoms with Crippen LogP contribution in [0, 0.1) is 0 Å². The maximum absolute atomic E-state index is 4.72. The van der Waals surface area contributed by atoms with Gasteiger partial charge < -0.3 is 10.6 Å². The highest BCUT2D eigenvalue weighted by molar-refractivity contribution is 9.10. The van der Waals surface area contributed by atoms with Crippen molar-refractivity contribution >= 4 is 33.4 Å². The van der Waals surface area contributed by atoms with Crippen molar-refractivity contribution < 1.29 is 0 Å². The number of nitrogens with zero attached hydrogens (tertiary/aromatic N) is 3. The Hall–Kier alpha value is -2.47. The zero-order chi connectivity index (χ0) is 17.8. The summed E-state index contributed by atoms with van der Waals surface area (Å²) in [7, 11) is 0. The zero-order valence-electron chi connectivity index (χ0n) is 14.3. The lowest BCUT2D eigenvalue weighted by Crippen LogP contribution is -2.17. The molecule has 0 amide bonds. The minimum Gasteiger partial charge on any atom is -0.351 e. The van der Waals surface area contributed by atoms with Crippen LogP contribution >= 0.6 is 15.9 Å². The molecule has 0 saturated heterocycles. The van der Waals surface area contributed by atoms with Gasteiger partial charge in [0, 0.05) is 34.5 Å². The van der Waals surface area contributed by atoms with E-state index in [4.69, 9.17) is 4.98 Å². The Morgan fingerprint density at radius 2 is 1.85 bits per heavy atom. The van der Waals surface area contributed by atoms with Crippen molar-refractivity contribution in [1.29, 1.82) is 0 Å². The Morgan fingerprint density at radius 3 is 2.62 bits per heavy atom. The van der Waals surface area contributed by atoms with Crippen LogP contribution in [-0.2, 0) is 0 Å². The van der Waals surface area contributed by atoms with Crippen LogP contribution in [0.2, 0.25) is 0 Å². The number of hydrogen-bond acceptors (Lipinski definition) is 5. The molecule has 2 N–H and O–H groups in total. The van der Waals surface area contributed by atoms with E-state index < -0.39 is 0 Å². The van der Waals surface area contributed by atoms with Gasteiger partial charge in [-0.05, 0) is 53.0 Å². The van der Waals surface area contributed by atoms with Gasteiger partial charge >= 0.3 is 0 Å². The summed E-state index contributed by atoms with van der Waals surface area (Å²) >= 11 is 3.58. The molecule has 0 bridgehead atoms. The van der Waals surface area contributed by atoms with E-state index in [9.17, 15) is 0 Å². The van der Waals surface area contributed by atoms with Crippen molar-refractivity contribution in [3.63, 3.8) is 0 Å². The molecule has 3 aromatic rings. The average molecular weight is 410 g/mol. The van der Waals surface area contributed by atoms with Gasteiger partial charge in [0.2, 0.25) is 5.95 Å². The smallest absolute Gasteiger partial charge is 0.225 e. The van der Waals surface area contributed by atoms with E-state index in [1.165, 1.54) is 25.7 Å². The molecule has 2 heterocycles. The van der Waals surface area contributed by atoms with E-state index in [0.717, 1.165) is 27.2 Å². The van der Waals surface area contributed by atoms with E-state index >= 15 is 0 Å². The van der Waals surface area contributed by atoms with Crippen molar-refractivity contribution in [2.24, 2.45) is 0 Å². The summed E-state index contributed by atoms with van der Waals surface area (Å²) in [5.74, 6) is 1.42. The van der Waals surface area contributed by atoms with Crippen LogP contribution in [0.4, 0.5) is 17.5 Å². The average Bonchev–Trinajstić information content (AvgIpc) is 3.17. The Kier molecular flexibility index (Phi) is 5.11. The first kappa shape index (κ1) is 17.0. The maximum atomic E-state index is 4.72. The number of para-hydroxylation sites is 1. The number of nitrogens with one attached hydrogen (secondary N) is 2. The van der Waals surface area contributed by atoms with Gasteiger partial charge in [0.05, 0.1) is 11.4 Å². The van der Waals surface area contributed by atoms with Crippen LogP contribution in [0.5, 0.6) is 0 Å². The molecular weight excluding hydrogens is 390 g/mol. The second kappa shape index (κ2) is 7.83. The van der Waals surface area contributed by atoms with Gasteiger partial charge in [-0.2, -0.15) is 4.98 Å². The predicted octanol–water partition coefficient (Wildman–Crippen LogP) is 5.40. The molecule has 4 rings (SSSR count). The molecule has 2 aromatic heterocycles. The lowest BCUT2D eigenvalue weighted by molar-refractivity contribution is 0.744. The molecule has 0 unspecified atom stereocenters. The highest BCUT2D eigenvalue weighted by Gasteiger charge is 2.17. The van der Waals surface area contributed by atoms with E-state index in [-0.39, 0.29) is 0 Å². The molecule has 1 saturated carbocycles. The van der Waals surface area contributed by atoms with Crippen LogP contribution in [0.3, 0.4) is 0 Å². The summed E-state index contributed by atoms with van der Waals surface area (Å²) in [4.78, 5) is 13.6. The monoisotopic (exact) mass is 409 g/mol. The second-order valence-corrected chi connectivity index (χ2v) is 7.29. The molecule has 1 fully saturated rings. The maximum Gasteiger partial charge on any atom is 0.225 e. The largest absolute Gasteiger partial charge is 0.351 e. The molecule has 6 heteroatoms. The Balaban J connectivity index is 1.68. The van der Waals surface area contributed by atoms with Gasteiger partial charge in [-0.3, -0.25) is 4.98 Å².